The normalized spacial score (nSPS) is 16.5. The second-order valence-corrected chi connectivity index (χ2v) is 3.77. The Hall–Kier alpha value is -0.0800. The Morgan fingerprint density at radius 1 is 1.33 bits per heavy atom. The minimum atomic E-state index is 0.592. The van der Waals surface area contributed by atoms with E-state index < -0.39 is 0 Å². The lowest BCUT2D eigenvalue weighted by atomic mass is 10.1. The van der Waals surface area contributed by atoms with Crippen molar-refractivity contribution in [1.29, 1.82) is 0 Å². The minimum absolute atomic E-state index is 0.592. The molecule has 2 atom stereocenters. The molecule has 0 fully saturated rings. The molecule has 0 aliphatic rings. The van der Waals surface area contributed by atoms with E-state index in [1.54, 1.807) is 0 Å². The van der Waals surface area contributed by atoms with E-state index in [1.165, 1.54) is 12.8 Å². The van der Waals surface area contributed by atoms with E-state index in [0.717, 1.165) is 6.54 Å². The van der Waals surface area contributed by atoms with Gasteiger partial charge in [-0.05, 0) is 34.4 Å². The zero-order valence-electron chi connectivity index (χ0n) is 9.22. The van der Waals surface area contributed by atoms with Gasteiger partial charge in [0.05, 0.1) is 0 Å². The van der Waals surface area contributed by atoms with Gasteiger partial charge in [-0.2, -0.15) is 0 Å². The summed E-state index contributed by atoms with van der Waals surface area (Å²) in [6, 6.07) is 1.31. The molecule has 0 aliphatic heterocycles. The molecule has 0 heterocycles. The molecule has 0 aromatic rings. The third-order valence-electron chi connectivity index (χ3n) is 2.51. The Balaban J connectivity index is 3.62. The summed E-state index contributed by atoms with van der Waals surface area (Å²) in [7, 11) is 4.22. The van der Waals surface area contributed by atoms with Gasteiger partial charge in [0.15, 0.2) is 0 Å². The Morgan fingerprint density at radius 2 is 1.92 bits per heavy atom. The molecule has 1 N–H and O–H groups in total. The Labute approximate surface area is 77.3 Å². The summed E-state index contributed by atoms with van der Waals surface area (Å²) in [4.78, 5) is 2.42. The third kappa shape index (κ3) is 4.73. The van der Waals surface area contributed by atoms with Gasteiger partial charge in [0.1, 0.15) is 0 Å². The number of likely N-dealkylation sites (N-methyl/N-ethyl adjacent to an activating group) is 2. The third-order valence-corrected chi connectivity index (χ3v) is 2.51. The molecule has 2 heteroatoms. The van der Waals surface area contributed by atoms with E-state index in [2.05, 4.69) is 38.0 Å². The van der Waals surface area contributed by atoms with Crippen molar-refractivity contribution in [3.05, 3.63) is 0 Å². The topological polar surface area (TPSA) is 15.3 Å². The van der Waals surface area contributed by atoms with E-state index in [4.69, 9.17) is 0 Å². The van der Waals surface area contributed by atoms with Crippen LogP contribution in [-0.4, -0.2) is 37.6 Å². The van der Waals surface area contributed by atoms with Gasteiger partial charge < -0.3 is 10.2 Å². The summed E-state index contributed by atoms with van der Waals surface area (Å²) in [5.74, 6) is 0. The number of hydrogen-bond acceptors (Lipinski definition) is 2. The van der Waals surface area contributed by atoms with Gasteiger partial charge >= 0.3 is 0 Å². The molecule has 12 heavy (non-hydrogen) atoms. The molecule has 0 rings (SSSR count). The van der Waals surface area contributed by atoms with E-state index >= 15 is 0 Å². The summed E-state index contributed by atoms with van der Waals surface area (Å²) >= 11 is 0. The fraction of sp³-hybridized carbons (Fsp3) is 1.00. The summed E-state index contributed by atoms with van der Waals surface area (Å²) in [5.41, 5.74) is 0. The Bertz CT molecular complexity index is 104. The van der Waals surface area contributed by atoms with Crippen molar-refractivity contribution in [2.45, 2.75) is 45.7 Å². The lowest BCUT2D eigenvalue weighted by Gasteiger charge is -2.27. The summed E-state index contributed by atoms with van der Waals surface area (Å²) in [5, 5.41) is 3.25. The lowest BCUT2D eigenvalue weighted by Crippen LogP contribution is -2.39. The summed E-state index contributed by atoms with van der Waals surface area (Å²) in [6.07, 6.45) is 2.58. The first-order valence-corrected chi connectivity index (χ1v) is 4.99. The number of nitrogens with zero attached hydrogens (tertiary/aromatic N) is 1. The summed E-state index contributed by atoms with van der Waals surface area (Å²) < 4.78 is 0. The van der Waals surface area contributed by atoms with Crippen molar-refractivity contribution < 1.29 is 0 Å². The van der Waals surface area contributed by atoms with Crippen LogP contribution >= 0.6 is 0 Å². The van der Waals surface area contributed by atoms with Gasteiger partial charge in [0.25, 0.3) is 0 Å². The van der Waals surface area contributed by atoms with Crippen LogP contribution < -0.4 is 5.32 Å². The van der Waals surface area contributed by atoms with Crippen LogP contribution in [0.5, 0.6) is 0 Å². The molecular formula is C10H24N2. The predicted molar refractivity (Wildman–Crippen MR) is 55.5 cm³/mol. The SMILES string of the molecule is CCCC(C)N(C)CC(C)NC. The molecule has 0 saturated heterocycles. The lowest BCUT2D eigenvalue weighted by molar-refractivity contribution is 0.226. The average molecular weight is 172 g/mol. The maximum absolute atomic E-state index is 3.25. The zero-order valence-corrected chi connectivity index (χ0v) is 9.22. The van der Waals surface area contributed by atoms with Crippen LogP contribution in [0.1, 0.15) is 33.6 Å². The van der Waals surface area contributed by atoms with E-state index in [-0.39, 0.29) is 0 Å². The first-order valence-electron chi connectivity index (χ1n) is 4.99. The first kappa shape index (κ1) is 11.9. The van der Waals surface area contributed by atoms with Crippen molar-refractivity contribution >= 4 is 0 Å². The minimum Gasteiger partial charge on any atom is -0.316 e. The smallest absolute Gasteiger partial charge is 0.0163 e. The van der Waals surface area contributed by atoms with Crippen LogP contribution in [0.4, 0.5) is 0 Å². The Kier molecular flexibility index (Phi) is 6.39. The van der Waals surface area contributed by atoms with E-state index in [0.29, 0.717) is 12.1 Å². The second-order valence-electron chi connectivity index (χ2n) is 3.77. The molecule has 0 spiro atoms. The van der Waals surface area contributed by atoms with Gasteiger partial charge in [-0.3, -0.25) is 0 Å². The average Bonchev–Trinajstić information content (AvgIpc) is 2.04. The molecule has 0 aliphatic carbocycles. The molecule has 0 aromatic heterocycles. The number of hydrogen-bond donors (Lipinski definition) is 1. The van der Waals surface area contributed by atoms with Gasteiger partial charge in [-0.25, -0.2) is 0 Å². The maximum Gasteiger partial charge on any atom is 0.0163 e. The van der Waals surface area contributed by atoms with Crippen LogP contribution in [0.25, 0.3) is 0 Å². The van der Waals surface area contributed by atoms with Crippen molar-refractivity contribution in [3.63, 3.8) is 0 Å². The molecule has 2 unspecified atom stereocenters. The highest BCUT2D eigenvalue weighted by Crippen LogP contribution is 2.03. The molecule has 74 valence electrons. The van der Waals surface area contributed by atoms with Crippen LogP contribution in [0, 0.1) is 0 Å². The molecule has 0 radical (unpaired) electrons. The highest BCUT2D eigenvalue weighted by molar-refractivity contribution is 4.68. The standard InChI is InChI=1S/C10H24N2/c1-6-7-10(3)12(5)8-9(2)11-4/h9-11H,6-8H2,1-5H3. The van der Waals surface area contributed by atoms with Crippen LogP contribution in [-0.2, 0) is 0 Å². The fourth-order valence-corrected chi connectivity index (χ4v) is 1.34. The van der Waals surface area contributed by atoms with Crippen LogP contribution in [0.2, 0.25) is 0 Å². The first-order chi connectivity index (χ1) is 5.61. The number of nitrogens with one attached hydrogen (secondary N) is 1. The van der Waals surface area contributed by atoms with Gasteiger partial charge in [0, 0.05) is 18.6 Å². The van der Waals surface area contributed by atoms with Crippen molar-refractivity contribution in [2.24, 2.45) is 0 Å². The molecule has 0 amide bonds. The predicted octanol–water partition coefficient (Wildman–Crippen LogP) is 1.71. The largest absolute Gasteiger partial charge is 0.316 e. The van der Waals surface area contributed by atoms with Crippen LogP contribution in [0.15, 0.2) is 0 Å². The molecule has 0 saturated carbocycles. The maximum atomic E-state index is 3.25. The summed E-state index contributed by atoms with van der Waals surface area (Å²) in [6.45, 7) is 7.89. The van der Waals surface area contributed by atoms with E-state index in [1.807, 2.05) is 7.05 Å². The van der Waals surface area contributed by atoms with Gasteiger partial charge in [-0.1, -0.05) is 13.3 Å². The van der Waals surface area contributed by atoms with Crippen molar-refractivity contribution in [3.8, 4) is 0 Å². The van der Waals surface area contributed by atoms with Crippen molar-refractivity contribution in [2.75, 3.05) is 20.6 Å². The fourth-order valence-electron chi connectivity index (χ4n) is 1.34. The van der Waals surface area contributed by atoms with Gasteiger partial charge in [0.2, 0.25) is 0 Å². The molecule has 0 aromatic carbocycles. The van der Waals surface area contributed by atoms with Gasteiger partial charge in [-0.15, -0.1) is 0 Å². The second kappa shape index (κ2) is 6.44. The number of rotatable bonds is 6. The highest BCUT2D eigenvalue weighted by Gasteiger charge is 2.09. The Morgan fingerprint density at radius 3 is 2.33 bits per heavy atom. The zero-order chi connectivity index (χ0) is 9.56. The van der Waals surface area contributed by atoms with E-state index in [9.17, 15) is 0 Å². The molecule has 0 bridgehead atoms. The molecule has 2 nitrogen and oxygen atoms in total. The highest BCUT2D eigenvalue weighted by atomic mass is 15.1. The van der Waals surface area contributed by atoms with Crippen molar-refractivity contribution in [1.82, 2.24) is 10.2 Å². The molecular weight excluding hydrogens is 148 g/mol. The van der Waals surface area contributed by atoms with Crippen LogP contribution in [0.3, 0.4) is 0 Å². The monoisotopic (exact) mass is 172 g/mol. The quantitative estimate of drug-likeness (QED) is 0.656.